The maximum Gasteiger partial charge on any atom is -0.00187 e. The number of hydrogen-bond donors (Lipinski definition) is 0. The van der Waals surface area contributed by atoms with Crippen LogP contribution < -0.4 is 0 Å². The average molecular weight is 477 g/mol. The Bertz CT molecular complexity index is 226. The smallest absolute Gasteiger partial charge is 0.00187 e. The minimum Gasteiger partial charge on any atom is -0.303 e. The first-order valence-corrected chi connectivity index (χ1v) is 13.6. The van der Waals surface area contributed by atoms with Crippen molar-refractivity contribution in [2.24, 2.45) is 0 Å². The van der Waals surface area contributed by atoms with Crippen LogP contribution in [0, 0.1) is 0 Å². The number of halogens is 1. The molecule has 0 aromatic carbocycles. The lowest BCUT2D eigenvalue weighted by molar-refractivity contribution is 0.254. The second kappa shape index (κ2) is 28.4. The van der Waals surface area contributed by atoms with E-state index in [2.05, 4.69) is 25.7 Å². The van der Waals surface area contributed by atoms with Crippen LogP contribution in [0.2, 0.25) is 0 Å². The van der Waals surface area contributed by atoms with Crippen LogP contribution in [0.3, 0.4) is 0 Å². The highest BCUT2D eigenvalue weighted by molar-refractivity contribution is 8.93. The molecule has 0 N–H and O–H groups in total. The largest absolute Gasteiger partial charge is 0.303 e. The number of rotatable bonds is 24. The summed E-state index contributed by atoms with van der Waals surface area (Å²) < 4.78 is 0. The fraction of sp³-hybridized carbons (Fsp3) is 1.00. The molecule has 0 radical (unpaired) electrons. The molecular weight excluding hydrogens is 418 g/mol. The van der Waals surface area contributed by atoms with Crippen molar-refractivity contribution in [3.05, 3.63) is 0 Å². The molecule has 0 aromatic heterocycles. The number of unbranched alkanes of at least 4 members (excludes halogenated alkanes) is 18. The number of nitrogens with zero attached hydrogens (tertiary/aromatic N) is 1. The minimum absolute atomic E-state index is 0. The van der Waals surface area contributed by atoms with E-state index in [1.807, 2.05) is 0 Å². The van der Waals surface area contributed by atoms with Crippen LogP contribution >= 0.6 is 17.0 Å². The predicted molar refractivity (Wildman–Crippen MR) is 141 cm³/mol. The van der Waals surface area contributed by atoms with E-state index in [1.165, 1.54) is 154 Å². The van der Waals surface area contributed by atoms with Gasteiger partial charge in [-0.05, 0) is 38.9 Å². The van der Waals surface area contributed by atoms with E-state index in [0.717, 1.165) is 0 Å². The molecule has 1 nitrogen and oxygen atoms in total. The highest BCUT2D eigenvalue weighted by Crippen LogP contribution is 2.12. The zero-order chi connectivity index (χ0) is 20.5. The van der Waals surface area contributed by atoms with Gasteiger partial charge in [-0.25, -0.2) is 0 Å². The topological polar surface area (TPSA) is 3.24 Å². The van der Waals surface area contributed by atoms with E-state index in [0.29, 0.717) is 0 Å². The van der Waals surface area contributed by atoms with Crippen molar-refractivity contribution >= 4 is 17.0 Å². The van der Waals surface area contributed by atoms with Gasteiger partial charge in [-0.1, -0.05) is 136 Å². The molecule has 0 aliphatic carbocycles. The third-order valence-corrected chi connectivity index (χ3v) is 6.23. The van der Waals surface area contributed by atoms with E-state index in [-0.39, 0.29) is 17.0 Å². The lowest BCUT2D eigenvalue weighted by Gasteiger charge is -2.22. The van der Waals surface area contributed by atoms with E-state index < -0.39 is 0 Å². The lowest BCUT2D eigenvalue weighted by atomic mass is 10.1. The van der Waals surface area contributed by atoms with Crippen molar-refractivity contribution in [3.63, 3.8) is 0 Å². The molecule has 0 unspecified atom stereocenters. The SMILES string of the molecule is Br.CCCCCCCCCN(CCCCCCCCC)CCCCCCCCC. The fourth-order valence-corrected chi connectivity index (χ4v) is 4.21. The molecule has 0 spiro atoms. The molecule has 0 fully saturated rings. The molecule has 0 saturated carbocycles. The second-order valence-electron chi connectivity index (χ2n) is 9.21. The van der Waals surface area contributed by atoms with Gasteiger partial charge in [0.2, 0.25) is 0 Å². The summed E-state index contributed by atoms with van der Waals surface area (Å²) in [5.41, 5.74) is 0. The zero-order valence-corrected chi connectivity index (χ0v) is 22.5. The van der Waals surface area contributed by atoms with Crippen molar-refractivity contribution in [1.29, 1.82) is 0 Å². The van der Waals surface area contributed by atoms with Gasteiger partial charge in [0, 0.05) is 0 Å². The minimum atomic E-state index is 0. The molecule has 0 atom stereocenters. The summed E-state index contributed by atoms with van der Waals surface area (Å²) in [7, 11) is 0. The Kier molecular flexibility index (Phi) is 31.0. The molecule has 0 aromatic rings. The first-order valence-electron chi connectivity index (χ1n) is 13.6. The summed E-state index contributed by atoms with van der Waals surface area (Å²) in [5.74, 6) is 0. The predicted octanol–water partition coefficient (Wildman–Crippen LogP) is 10.1. The Balaban J connectivity index is 0. The molecule has 0 saturated heterocycles. The van der Waals surface area contributed by atoms with Crippen molar-refractivity contribution in [2.75, 3.05) is 19.6 Å². The van der Waals surface area contributed by atoms with E-state index >= 15 is 0 Å². The van der Waals surface area contributed by atoms with Crippen LogP contribution in [0.4, 0.5) is 0 Å². The highest BCUT2D eigenvalue weighted by atomic mass is 79.9. The standard InChI is InChI=1S/C27H57N.BrH/c1-4-7-10-13-16-19-22-25-28(26-23-20-17-14-11-8-5-2)27-24-21-18-15-12-9-6-3;/h4-27H2,1-3H3;1H. The van der Waals surface area contributed by atoms with Gasteiger partial charge < -0.3 is 4.90 Å². The monoisotopic (exact) mass is 475 g/mol. The maximum absolute atomic E-state index is 2.81. The zero-order valence-electron chi connectivity index (χ0n) is 20.8. The third-order valence-electron chi connectivity index (χ3n) is 6.23. The lowest BCUT2D eigenvalue weighted by Crippen LogP contribution is -2.27. The van der Waals surface area contributed by atoms with E-state index in [1.54, 1.807) is 0 Å². The summed E-state index contributed by atoms with van der Waals surface area (Å²) in [4.78, 5) is 2.81. The van der Waals surface area contributed by atoms with Gasteiger partial charge in [0.05, 0.1) is 0 Å². The molecule has 178 valence electrons. The molecule has 29 heavy (non-hydrogen) atoms. The van der Waals surface area contributed by atoms with Crippen molar-refractivity contribution in [1.82, 2.24) is 4.90 Å². The summed E-state index contributed by atoms with van der Waals surface area (Å²) >= 11 is 0. The fourth-order valence-electron chi connectivity index (χ4n) is 4.21. The Labute approximate surface area is 197 Å². The molecule has 0 bridgehead atoms. The first-order chi connectivity index (χ1) is 13.8. The molecule has 0 aliphatic heterocycles. The van der Waals surface area contributed by atoms with Crippen molar-refractivity contribution in [2.45, 2.75) is 156 Å². The second-order valence-corrected chi connectivity index (χ2v) is 9.21. The summed E-state index contributed by atoms with van der Waals surface area (Å²) in [5, 5.41) is 0. The van der Waals surface area contributed by atoms with Crippen LogP contribution in [0.5, 0.6) is 0 Å². The van der Waals surface area contributed by atoms with Gasteiger partial charge in [0.25, 0.3) is 0 Å². The quantitative estimate of drug-likeness (QED) is 0.125. The Morgan fingerprint density at radius 3 is 0.759 bits per heavy atom. The molecule has 0 heterocycles. The average Bonchev–Trinajstić information content (AvgIpc) is 2.71. The molecular formula is C27H58BrN. The summed E-state index contributed by atoms with van der Waals surface area (Å²) in [6, 6.07) is 0. The number of hydrogen-bond acceptors (Lipinski definition) is 1. The van der Waals surface area contributed by atoms with Gasteiger partial charge in [-0.3, -0.25) is 0 Å². The van der Waals surface area contributed by atoms with E-state index in [9.17, 15) is 0 Å². The molecule has 2 heteroatoms. The summed E-state index contributed by atoms with van der Waals surface area (Å²) in [6.45, 7) is 11.0. The first kappa shape index (κ1) is 31.6. The highest BCUT2D eigenvalue weighted by Gasteiger charge is 2.05. The van der Waals surface area contributed by atoms with Gasteiger partial charge in [0.1, 0.15) is 0 Å². The van der Waals surface area contributed by atoms with Gasteiger partial charge in [-0.15, -0.1) is 17.0 Å². The van der Waals surface area contributed by atoms with Crippen LogP contribution in [0.25, 0.3) is 0 Å². The van der Waals surface area contributed by atoms with Crippen LogP contribution in [-0.2, 0) is 0 Å². The maximum atomic E-state index is 2.81. The van der Waals surface area contributed by atoms with Crippen LogP contribution in [0.15, 0.2) is 0 Å². The normalized spacial score (nSPS) is 11.2. The van der Waals surface area contributed by atoms with Crippen molar-refractivity contribution < 1.29 is 0 Å². The third kappa shape index (κ3) is 26.4. The molecule has 0 rings (SSSR count). The van der Waals surface area contributed by atoms with Gasteiger partial charge in [0.15, 0.2) is 0 Å². The van der Waals surface area contributed by atoms with Crippen molar-refractivity contribution in [3.8, 4) is 0 Å². The Morgan fingerprint density at radius 2 is 0.517 bits per heavy atom. The Morgan fingerprint density at radius 1 is 0.310 bits per heavy atom. The van der Waals surface area contributed by atoms with Crippen LogP contribution in [-0.4, -0.2) is 24.5 Å². The van der Waals surface area contributed by atoms with Gasteiger partial charge >= 0.3 is 0 Å². The summed E-state index contributed by atoms with van der Waals surface area (Å²) in [6.07, 6.45) is 30.2. The van der Waals surface area contributed by atoms with Crippen LogP contribution in [0.1, 0.15) is 156 Å². The molecule has 0 aliphatic rings. The Hall–Kier alpha value is 0.440. The molecule has 0 amide bonds. The van der Waals surface area contributed by atoms with E-state index in [4.69, 9.17) is 0 Å². The van der Waals surface area contributed by atoms with Gasteiger partial charge in [-0.2, -0.15) is 0 Å².